The van der Waals surface area contributed by atoms with Crippen LogP contribution in [0, 0.1) is 12.7 Å². The highest BCUT2D eigenvalue weighted by Gasteiger charge is 2.29. The number of carbonyl (C=O) groups excluding carboxylic acids is 1. The van der Waals surface area contributed by atoms with Crippen molar-refractivity contribution in [2.24, 2.45) is 0 Å². The van der Waals surface area contributed by atoms with Crippen molar-refractivity contribution in [3.05, 3.63) is 35.1 Å². The number of hydrogen-bond acceptors (Lipinski definition) is 3. The smallest absolute Gasteiger partial charge is 0.330 e. The van der Waals surface area contributed by atoms with Gasteiger partial charge < -0.3 is 15.2 Å². The maximum absolute atomic E-state index is 13.4. The molecule has 0 radical (unpaired) electrons. The van der Waals surface area contributed by atoms with Gasteiger partial charge in [-0.15, -0.1) is 0 Å². The molecular formula is C18H24FNO4. The molecule has 1 fully saturated rings. The Balaban J connectivity index is 2.08. The lowest BCUT2D eigenvalue weighted by Crippen LogP contribution is -2.42. The van der Waals surface area contributed by atoms with Gasteiger partial charge in [-0.25, -0.2) is 9.18 Å². The monoisotopic (exact) mass is 337 g/mol. The molecule has 1 amide bonds. The van der Waals surface area contributed by atoms with E-state index in [2.05, 4.69) is 5.32 Å². The van der Waals surface area contributed by atoms with Crippen molar-refractivity contribution in [1.82, 2.24) is 5.32 Å². The molecule has 132 valence electrons. The second-order valence-corrected chi connectivity index (χ2v) is 6.23. The first-order valence-electron chi connectivity index (χ1n) is 8.37. The average molecular weight is 337 g/mol. The lowest BCUT2D eigenvalue weighted by Gasteiger charge is -2.23. The molecule has 6 heteroatoms. The summed E-state index contributed by atoms with van der Waals surface area (Å²) in [7, 11) is 0. The van der Waals surface area contributed by atoms with E-state index in [0.29, 0.717) is 17.5 Å². The number of rotatable bonds is 7. The van der Waals surface area contributed by atoms with Crippen LogP contribution in [-0.2, 0) is 14.3 Å². The van der Waals surface area contributed by atoms with Gasteiger partial charge >= 0.3 is 5.97 Å². The highest BCUT2D eigenvalue weighted by molar-refractivity contribution is 5.87. The van der Waals surface area contributed by atoms with E-state index in [-0.39, 0.29) is 6.10 Å². The van der Waals surface area contributed by atoms with Crippen molar-refractivity contribution in [2.75, 3.05) is 0 Å². The molecular weight excluding hydrogens is 313 g/mol. The fourth-order valence-electron chi connectivity index (χ4n) is 2.97. The summed E-state index contributed by atoms with van der Waals surface area (Å²) in [5.41, 5.74) is 0.674. The number of nitrogens with one attached hydrogen (secondary N) is 1. The fourth-order valence-corrected chi connectivity index (χ4v) is 2.97. The zero-order chi connectivity index (χ0) is 17.7. The SMILES string of the molecule is CCC(OC1CCCC1)C(=O)NC(C(=O)O)c1ccc(F)c(C)c1. The number of halogens is 1. The molecule has 0 spiro atoms. The molecule has 1 saturated carbocycles. The molecule has 1 aromatic rings. The Bertz CT molecular complexity index is 599. The van der Waals surface area contributed by atoms with Crippen molar-refractivity contribution in [3.63, 3.8) is 0 Å². The van der Waals surface area contributed by atoms with Crippen LogP contribution in [0.1, 0.15) is 56.2 Å². The minimum atomic E-state index is -1.22. The van der Waals surface area contributed by atoms with Gasteiger partial charge in [-0.05, 0) is 43.4 Å². The van der Waals surface area contributed by atoms with Gasteiger partial charge in [-0.1, -0.05) is 31.9 Å². The quantitative estimate of drug-likeness (QED) is 0.801. The third-order valence-corrected chi connectivity index (χ3v) is 4.37. The Hall–Kier alpha value is -1.95. The maximum atomic E-state index is 13.4. The predicted octanol–water partition coefficient (Wildman–Crippen LogP) is 3.11. The highest BCUT2D eigenvalue weighted by Crippen LogP contribution is 2.23. The normalized spacial score (nSPS) is 17.5. The van der Waals surface area contributed by atoms with E-state index in [1.807, 2.05) is 6.92 Å². The molecule has 24 heavy (non-hydrogen) atoms. The van der Waals surface area contributed by atoms with Crippen LogP contribution in [0.25, 0.3) is 0 Å². The number of carbonyl (C=O) groups is 2. The second-order valence-electron chi connectivity index (χ2n) is 6.23. The van der Waals surface area contributed by atoms with Gasteiger partial charge in [-0.2, -0.15) is 0 Å². The molecule has 1 aromatic carbocycles. The van der Waals surface area contributed by atoms with Gasteiger partial charge in [-0.3, -0.25) is 4.79 Å². The number of aryl methyl sites for hydroxylation is 1. The molecule has 1 aliphatic rings. The van der Waals surface area contributed by atoms with Crippen LogP contribution in [0.4, 0.5) is 4.39 Å². The van der Waals surface area contributed by atoms with E-state index < -0.39 is 29.8 Å². The molecule has 5 nitrogen and oxygen atoms in total. The third kappa shape index (κ3) is 4.54. The Labute approximate surface area is 141 Å². The summed E-state index contributed by atoms with van der Waals surface area (Å²) < 4.78 is 19.2. The zero-order valence-electron chi connectivity index (χ0n) is 14.0. The van der Waals surface area contributed by atoms with Gasteiger partial charge in [0.25, 0.3) is 0 Å². The number of aliphatic carboxylic acids is 1. The Morgan fingerprint density at radius 3 is 2.58 bits per heavy atom. The topological polar surface area (TPSA) is 75.6 Å². The van der Waals surface area contributed by atoms with Crippen molar-refractivity contribution in [3.8, 4) is 0 Å². The molecule has 2 rings (SSSR count). The maximum Gasteiger partial charge on any atom is 0.330 e. The molecule has 1 aliphatic carbocycles. The fraction of sp³-hybridized carbons (Fsp3) is 0.556. The standard InChI is InChI=1S/C18H24FNO4/c1-3-15(24-13-6-4-5-7-13)17(21)20-16(18(22)23)12-8-9-14(19)11(2)10-12/h8-10,13,15-16H,3-7H2,1-2H3,(H,20,21)(H,22,23). The van der Waals surface area contributed by atoms with Gasteiger partial charge in [0.05, 0.1) is 6.10 Å². The van der Waals surface area contributed by atoms with Gasteiger partial charge in [0.2, 0.25) is 5.91 Å². The first-order chi connectivity index (χ1) is 11.4. The summed E-state index contributed by atoms with van der Waals surface area (Å²) >= 11 is 0. The summed E-state index contributed by atoms with van der Waals surface area (Å²) in [5.74, 6) is -2.05. The summed E-state index contributed by atoms with van der Waals surface area (Å²) in [6.45, 7) is 3.38. The van der Waals surface area contributed by atoms with Crippen LogP contribution in [0.5, 0.6) is 0 Å². The van der Waals surface area contributed by atoms with Crippen LogP contribution in [0.15, 0.2) is 18.2 Å². The lowest BCUT2D eigenvalue weighted by atomic mass is 10.0. The summed E-state index contributed by atoms with van der Waals surface area (Å²) in [6, 6.07) is 2.80. The molecule has 0 saturated heterocycles. The number of ether oxygens (including phenoxy) is 1. The number of amides is 1. The molecule has 2 N–H and O–H groups in total. The van der Waals surface area contributed by atoms with E-state index in [4.69, 9.17) is 4.74 Å². The molecule has 0 bridgehead atoms. The van der Waals surface area contributed by atoms with Crippen molar-refractivity contribution in [2.45, 2.75) is 64.2 Å². The van der Waals surface area contributed by atoms with E-state index in [9.17, 15) is 19.1 Å². The van der Waals surface area contributed by atoms with E-state index >= 15 is 0 Å². The Morgan fingerprint density at radius 1 is 1.38 bits per heavy atom. The number of hydrogen-bond donors (Lipinski definition) is 2. The van der Waals surface area contributed by atoms with Crippen LogP contribution in [0.2, 0.25) is 0 Å². The first-order valence-corrected chi connectivity index (χ1v) is 8.37. The first kappa shape index (κ1) is 18.4. The molecule has 2 atom stereocenters. The molecule has 0 heterocycles. The summed E-state index contributed by atoms with van der Waals surface area (Å²) in [6.07, 6.45) is 3.92. The molecule has 2 unspecified atom stereocenters. The zero-order valence-corrected chi connectivity index (χ0v) is 14.0. The minimum Gasteiger partial charge on any atom is -0.479 e. The molecule has 0 aromatic heterocycles. The minimum absolute atomic E-state index is 0.0667. The van der Waals surface area contributed by atoms with E-state index in [0.717, 1.165) is 25.7 Å². The van der Waals surface area contributed by atoms with Gasteiger partial charge in [0.15, 0.2) is 6.04 Å². The summed E-state index contributed by atoms with van der Waals surface area (Å²) in [4.78, 5) is 24.0. The summed E-state index contributed by atoms with van der Waals surface area (Å²) in [5, 5.41) is 11.9. The van der Waals surface area contributed by atoms with Crippen LogP contribution in [0.3, 0.4) is 0 Å². The Morgan fingerprint density at radius 2 is 2.04 bits per heavy atom. The van der Waals surface area contributed by atoms with E-state index in [1.165, 1.54) is 18.2 Å². The highest BCUT2D eigenvalue weighted by atomic mass is 19.1. The predicted molar refractivity (Wildman–Crippen MR) is 87.1 cm³/mol. The van der Waals surface area contributed by atoms with Crippen molar-refractivity contribution < 1.29 is 23.8 Å². The second kappa shape index (κ2) is 8.24. The number of carboxylic acids is 1. The lowest BCUT2D eigenvalue weighted by molar-refractivity contribution is -0.146. The van der Waals surface area contributed by atoms with Crippen LogP contribution < -0.4 is 5.32 Å². The molecule has 0 aliphatic heterocycles. The van der Waals surface area contributed by atoms with Crippen molar-refractivity contribution in [1.29, 1.82) is 0 Å². The van der Waals surface area contributed by atoms with Crippen LogP contribution in [-0.4, -0.2) is 29.2 Å². The van der Waals surface area contributed by atoms with Crippen molar-refractivity contribution >= 4 is 11.9 Å². The third-order valence-electron chi connectivity index (χ3n) is 4.37. The average Bonchev–Trinajstić information content (AvgIpc) is 3.05. The Kier molecular flexibility index (Phi) is 6.31. The number of benzene rings is 1. The van der Waals surface area contributed by atoms with Gasteiger partial charge in [0, 0.05) is 0 Å². The van der Waals surface area contributed by atoms with E-state index in [1.54, 1.807) is 6.92 Å². The van der Waals surface area contributed by atoms with Crippen LogP contribution >= 0.6 is 0 Å². The largest absolute Gasteiger partial charge is 0.479 e. The van der Waals surface area contributed by atoms with Gasteiger partial charge in [0.1, 0.15) is 11.9 Å². The number of carboxylic acid groups (broad SMARTS) is 1.